The van der Waals surface area contributed by atoms with Crippen LogP contribution in [-0.2, 0) is 9.53 Å². The fourth-order valence-electron chi connectivity index (χ4n) is 1.63. The van der Waals surface area contributed by atoms with E-state index in [1.165, 1.54) is 11.6 Å². The summed E-state index contributed by atoms with van der Waals surface area (Å²) < 4.78 is 5.80. The van der Waals surface area contributed by atoms with Gasteiger partial charge in [-0.1, -0.05) is 25.1 Å². The molecule has 19 heavy (non-hydrogen) atoms. The zero-order valence-corrected chi connectivity index (χ0v) is 14.1. The maximum atomic E-state index is 11.3. The number of hydrogen-bond acceptors (Lipinski definition) is 2. The topological polar surface area (TPSA) is 26.3 Å². The Balaban J connectivity index is 2.95. The molecule has 0 saturated carbocycles. The van der Waals surface area contributed by atoms with Gasteiger partial charge in [0, 0.05) is 6.08 Å². The van der Waals surface area contributed by atoms with Crippen LogP contribution in [0.1, 0.15) is 31.4 Å². The van der Waals surface area contributed by atoms with Crippen molar-refractivity contribution in [1.29, 1.82) is 0 Å². The second-order valence-electron chi connectivity index (χ2n) is 3.80. The lowest BCUT2D eigenvalue weighted by molar-refractivity contribution is -0.137. The standard InChI is InChI=1S/C15H16Br2O2/c1-3-13(15(16)17)12-7-5-6-11(10-12)8-9-14(18)19-4-2/h5-10H,3-4H2,1-2H3/b9-8+. The summed E-state index contributed by atoms with van der Waals surface area (Å²) in [5.74, 6) is -0.319. The quantitative estimate of drug-likeness (QED) is 0.517. The van der Waals surface area contributed by atoms with Crippen molar-refractivity contribution in [3.8, 4) is 0 Å². The number of rotatable bonds is 5. The van der Waals surface area contributed by atoms with Crippen LogP contribution in [0.5, 0.6) is 0 Å². The first-order valence-corrected chi connectivity index (χ1v) is 7.66. The number of hydrogen-bond donors (Lipinski definition) is 0. The molecule has 0 radical (unpaired) electrons. The summed E-state index contributed by atoms with van der Waals surface area (Å²) in [6.07, 6.45) is 4.12. The maximum absolute atomic E-state index is 11.3. The molecule has 0 aliphatic heterocycles. The minimum absolute atomic E-state index is 0.319. The monoisotopic (exact) mass is 386 g/mol. The summed E-state index contributed by atoms with van der Waals surface area (Å²) in [4.78, 5) is 11.3. The van der Waals surface area contributed by atoms with E-state index in [-0.39, 0.29) is 5.97 Å². The lowest BCUT2D eigenvalue weighted by Crippen LogP contribution is -1.98. The van der Waals surface area contributed by atoms with Crippen molar-refractivity contribution in [2.45, 2.75) is 20.3 Å². The molecule has 0 amide bonds. The molecule has 102 valence electrons. The molecule has 0 unspecified atom stereocenters. The molecule has 1 aromatic carbocycles. The fraction of sp³-hybridized carbons (Fsp3) is 0.267. The molecule has 0 aromatic heterocycles. The molecule has 4 heteroatoms. The number of esters is 1. The highest BCUT2D eigenvalue weighted by molar-refractivity contribution is 9.28. The molecule has 1 rings (SSSR count). The molecule has 0 aliphatic rings. The van der Waals surface area contributed by atoms with Gasteiger partial charge in [-0.05, 0) is 74.0 Å². The van der Waals surface area contributed by atoms with E-state index in [4.69, 9.17) is 4.74 Å². The molecule has 0 atom stereocenters. The molecule has 0 bridgehead atoms. The van der Waals surface area contributed by atoms with E-state index in [9.17, 15) is 4.79 Å². The van der Waals surface area contributed by atoms with Crippen LogP contribution in [0.15, 0.2) is 33.7 Å². The fourth-order valence-corrected chi connectivity index (χ4v) is 2.65. The third-order valence-corrected chi connectivity index (χ3v) is 3.47. The predicted molar refractivity (Wildman–Crippen MR) is 87.2 cm³/mol. The van der Waals surface area contributed by atoms with Gasteiger partial charge in [-0.25, -0.2) is 4.79 Å². The predicted octanol–water partition coefficient (Wildman–Crippen LogP) is 5.13. The Morgan fingerprint density at radius 1 is 1.32 bits per heavy atom. The summed E-state index contributed by atoms with van der Waals surface area (Å²) in [5, 5.41) is 0. The molecule has 0 aliphatic carbocycles. The van der Waals surface area contributed by atoms with E-state index < -0.39 is 0 Å². The molecular weight excluding hydrogens is 372 g/mol. The van der Waals surface area contributed by atoms with Crippen LogP contribution in [0, 0.1) is 0 Å². The number of carbonyl (C=O) groups is 1. The van der Waals surface area contributed by atoms with Gasteiger partial charge in [0.2, 0.25) is 0 Å². The first-order chi connectivity index (χ1) is 9.08. The SMILES string of the molecule is CCOC(=O)/C=C/c1cccc(C(CC)=C(Br)Br)c1. The van der Waals surface area contributed by atoms with Crippen LogP contribution < -0.4 is 0 Å². The summed E-state index contributed by atoms with van der Waals surface area (Å²) in [7, 11) is 0. The zero-order chi connectivity index (χ0) is 14.3. The molecule has 0 spiro atoms. The van der Waals surface area contributed by atoms with Gasteiger partial charge in [0.05, 0.1) is 10.00 Å². The van der Waals surface area contributed by atoms with Crippen molar-refractivity contribution >= 4 is 49.5 Å². The van der Waals surface area contributed by atoms with Gasteiger partial charge in [0.25, 0.3) is 0 Å². The highest BCUT2D eigenvalue weighted by Crippen LogP contribution is 2.30. The van der Waals surface area contributed by atoms with E-state index in [0.29, 0.717) is 6.61 Å². The van der Waals surface area contributed by atoms with Crippen LogP contribution in [0.3, 0.4) is 0 Å². The molecular formula is C15H16Br2O2. The van der Waals surface area contributed by atoms with Crippen LogP contribution >= 0.6 is 31.9 Å². The molecule has 0 fully saturated rings. The van der Waals surface area contributed by atoms with Gasteiger partial charge in [0.15, 0.2) is 0 Å². The number of benzene rings is 1. The molecule has 0 heterocycles. The highest BCUT2D eigenvalue weighted by Gasteiger charge is 2.04. The van der Waals surface area contributed by atoms with E-state index in [1.54, 1.807) is 13.0 Å². The van der Waals surface area contributed by atoms with Gasteiger partial charge in [0.1, 0.15) is 0 Å². The zero-order valence-electron chi connectivity index (χ0n) is 11.0. The summed E-state index contributed by atoms with van der Waals surface area (Å²) in [6.45, 7) is 4.28. The van der Waals surface area contributed by atoms with Gasteiger partial charge >= 0.3 is 5.97 Å². The van der Waals surface area contributed by atoms with Crippen LogP contribution in [0.2, 0.25) is 0 Å². The maximum Gasteiger partial charge on any atom is 0.330 e. The minimum atomic E-state index is -0.319. The smallest absolute Gasteiger partial charge is 0.330 e. The van der Waals surface area contributed by atoms with Gasteiger partial charge in [-0.2, -0.15) is 0 Å². The second-order valence-corrected chi connectivity index (χ2v) is 6.45. The lowest BCUT2D eigenvalue weighted by atomic mass is 10.0. The Morgan fingerprint density at radius 3 is 2.63 bits per heavy atom. The van der Waals surface area contributed by atoms with E-state index >= 15 is 0 Å². The molecule has 2 nitrogen and oxygen atoms in total. The minimum Gasteiger partial charge on any atom is -0.463 e. The number of allylic oxidation sites excluding steroid dienone is 1. The third-order valence-electron chi connectivity index (χ3n) is 2.52. The highest BCUT2D eigenvalue weighted by atomic mass is 79.9. The van der Waals surface area contributed by atoms with Gasteiger partial charge in [-0.15, -0.1) is 0 Å². The molecule has 1 aromatic rings. The first kappa shape index (κ1) is 16.2. The van der Waals surface area contributed by atoms with Crippen molar-refractivity contribution < 1.29 is 9.53 Å². The Kier molecular flexibility index (Phi) is 7.10. The van der Waals surface area contributed by atoms with Crippen LogP contribution in [0.4, 0.5) is 0 Å². The Labute approximate surface area is 130 Å². The molecule has 0 N–H and O–H groups in total. The summed E-state index contributed by atoms with van der Waals surface area (Å²) >= 11 is 6.90. The Morgan fingerprint density at radius 2 is 2.05 bits per heavy atom. The van der Waals surface area contributed by atoms with E-state index in [2.05, 4.69) is 38.8 Å². The van der Waals surface area contributed by atoms with Crippen LogP contribution in [0.25, 0.3) is 11.6 Å². The lowest BCUT2D eigenvalue weighted by Gasteiger charge is -2.06. The third kappa shape index (κ3) is 5.33. The largest absolute Gasteiger partial charge is 0.463 e. The summed E-state index contributed by atoms with van der Waals surface area (Å²) in [5.41, 5.74) is 3.28. The number of ether oxygens (including phenoxy) is 1. The summed E-state index contributed by atoms with van der Waals surface area (Å²) in [6, 6.07) is 8.01. The second kappa shape index (κ2) is 8.33. The van der Waals surface area contributed by atoms with E-state index in [1.807, 2.05) is 24.3 Å². The normalized spacial score (nSPS) is 10.5. The number of carbonyl (C=O) groups excluding carboxylic acids is 1. The number of halogens is 2. The first-order valence-electron chi connectivity index (χ1n) is 6.07. The molecule has 0 saturated heterocycles. The Bertz CT molecular complexity index is 501. The Hall–Kier alpha value is -0.870. The van der Waals surface area contributed by atoms with Crippen molar-refractivity contribution in [2.24, 2.45) is 0 Å². The van der Waals surface area contributed by atoms with Crippen molar-refractivity contribution in [3.63, 3.8) is 0 Å². The van der Waals surface area contributed by atoms with Crippen molar-refractivity contribution in [2.75, 3.05) is 6.61 Å². The average Bonchev–Trinajstić information content (AvgIpc) is 2.38. The van der Waals surface area contributed by atoms with Crippen molar-refractivity contribution in [1.82, 2.24) is 0 Å². The van der Waals surface area contributed by atoms with Crippen molar-refractivity contribution in [3.05, 3.63) is 44.9 Å². The van der Waals surface area contributed by atoms with Gasteiger partial charge < -0.3 is 4.74 Å². The average molecular weight is 388 g/mol. The van der Waals surface area contributed by atoms with E-state index in [0.717, 1.165) is 20.9 Å². The van der Waals surface area contributed by atoms with Crippen LogP contribution in [-0.4, -0.2) is 12.6 Å². The van der Waals surface area contributed by atoms with Gasteiger partial charge in [-0.3, -0.25) is 0 Å².